The van der Waals surface area contributed by atoms with E-state index >= 15 is 0 Å². The Balaban J connectivity index is 2.46. The number of nitrogens with zero attached hydrogens (tertiary/aromatic N) is 1. The molecule has 2 atom stereocenters. The van der Waals surface area contributed by atoms with Gasteiger partial charge in [0.2, 0.25) is 0 Å². The quantitative estimate of drug-likeness (QED) is 0.741. The first kappa shape index (κ1) is 18.6. The molecule has 0 unspecified atom stereocenters. The third-order valence-electron chi connectivity index (χ3n) is 4.00. The van der Waals surface area contributed by atoms with Gasteiger partial charge in [0.1, 0.15) is 17.5 Å². The third kappa shape index (κ3) is 3.84. The van der Waals surface area contributed by atoms with Crippen LogP contribution < -0.4 is 0 Å². The molecule has 0 aromatic heterocycles. The van der Waals surface area contributed by atoms with Gasteiger partial charge in [-0.3, -0.25) is 4.90 Å². The van der Waals surface area contributed by atoms with E-state index in [4.69, 9.17) is 4.74 Å². The van der Waals surface area contributed by atoms with E-state index in [0.717, 1.165) is 4.90 Å². The molecular weight excluding hydrogens is 319 g/mol. The molecule has 1 amide bonds. The maximum atomic E-state index is 14.6. The van der Waals surface area contributed by atoms with Gasteiger partial charge in [-0.2, -0.15) is 0 Å². The molecule has 0 N–H and O–H groups in total. The van der Waals surface area contributed by atoms with Crippen LogP contribution in [0.4, 0.5) is 18.0 Å². The number of carbonyl (C=O) groups excluding carboxylic acids is 1. The van der Waals surface area contributed by atoms with Gasteiger partial charge in [-0.15, -0.1) is 0 Å². The summed E-state index contributed by atoms with van der Waals surface area (Å²) < 4.78 is 48.1. The molecule has 1 aromatic rings. The van der Waals surface area contributed by atoms with E-state index in [2.05, 4.69) is 0 Å². The summed E-state index contributed by atoms with van der Waals surface area (Å²) in [5.41, 5.74) is -0.452. The minimum atomic E-state index is -3.07. The van der Waals surface area contributed by atoms with Crippen molar-refractivity contribution in [2.45, 2.75) is 64.6 Å². The lowest BCUT2D eigenvalue weighted by Gasteiger charge is -2.35. The highest BCUT2D eigenvalue weighted by Crippen LogP contribution is 2.48. The first-order valence-electron chi connectivity index (χ1n) is 8.07. The lowest BCUT2D eigenvalue weighted by Crippen LogP contribution is -2.48. The molecule has 24 heavy (non-hydrogen) atoms. The van der Waals surface area contributed by atoms with Crippen LogP contribution in [0.1, 0.15) is 52.6 Å². The molecule has 1 aliphatic rings. The van der Waals surface area contributed by atoms with Crippen molar-refractivity contribution in [2.24, 2.45) is 5.92 Å². The van der Waals surface area contributed by atoms with Crippen LogP contribution in [0.3, 0.4) is 0 Å². The van der Waals surface area contributed by atoms with Gasteiger partial charge in [-0.05, 0) is 44.4 Å². The van der Waals surface area contributed by atoms with Crippen LogP contribution >= 0.6 is 0 Å². The first-order valence-corrected chi connectivity index (χ1v) is 8.07. The van der Waals surface area contributed by atoms with Gasteiger partial charge >= 0.3 is 6.09 Å². The van der Waals surface area contributed by atoms with Crippen molar-refractivity contribution in [1.29, 1.82) is 0 Å². The Morgan fingerprint density at radius 1 is 1.33 bits per heavy atom. The summed E-state index contributed by atoms with van der Waals surface area (Å²) >= 11 is 0. The second kappa shape index (κ2) is 6.30. The number of carbonyl (C=O) groups is 1. The Morgan fingerprint density at radius 3 is 2.46 bits per heavy atom. The fourth-order valence-corrected chi connectivity index (χ4v) is 3.23. The molecule has 0 spiro atoms. The summed E-state index contributed by atoms with van der Waals surface area (Å²) in [6.45, 7) is 8.33. The molecular formula is C18H24F3NO2. The molecule has 1 saturated heterocycles. The molecule has 0 aliphatic carbocycles. The highest BCUT2D eigenvalue weighted by atomic mass is 19.3. The zero-order valence-electron chi connectivity index (χ0n) is 14.6. The van der Waals surface area contributed by atoms with Crippen LogP contribution in [0, 0.1) is 11.7 Å². The fraction of sp³-hybridized carbons (Fsp3) is 0.611. The average Bonchev–Trinajstić information content (AvgIpc) is 2.68. The molecule has 0 radical (unpaired) electrons. The van der Waals surface area contributed by atoms with Gasteiger partial charge in [0.15, 0.2) is 0 Å². The molecule has 1 heterocycles. The molecule has 2 rings (SSSR count). The van der Waals surface area contributed by atoms with E-state index in [1.165, 1.54) is 18.2 Å². The number of likely N-dealkylation sites (tertiary alicyclic amines) is 1. The van der Waals surface area contributed by atoms with Gasteiger partial charge in [0, 0.05) is 6.42 Å². The number of benzene rings is 1. The number of ether oxygens (including phenoxy) is 1. The number of hydrogen-bond acceptors (Lipinski definition) is 2. The van der Waals surface area contributed by atoms with E-state index in [1.807, 2.05) is 0 Å². The SMILES string of the molecule is CC(C)[C@@H]1N(C(=O)OC(C)(C)C)[C@H](c2cccc(F)c2)CC1(F)F. The van der Waals surface area contributed by atoms with Gasteiger partial charge in [0.05, 0.1) is 6.04 Å². The normalized spacial score (nSPS) is 23.6. The minimum absolute atomic E-state index is 0.351. The highest BCUT2D eigenvalue weighted by molar-refractivity contribution is 5.70. The van der Waals surface area contributed by atoms with Gasteiger partial charge in [-0.25, -0.2) is 18.0 Å². The second-order valence-electron chi connectivity index (χ2n) is 7.61. The minimum Gasteiger partial charge on any atom is -0.444 e. The standard InChI is InChI=1S/C18H24F3NO2/c1-11(2)15-18(20,21)10-14(12-7-6-8-13(19)9-12)22(15)16(23)24-17(3,4)5/h6-9,11,14-15H,10H2,1-5H3/t14-,15-/m0/s1. The number of hydrogen-bond donors (Lipinski definition) is 0. The highest BCUT2D eigenvalue weighted by Gasteiger charge is 2.58. The third-order valence-corrected chi connectivity index (χ3v) is 4.00. The Labute approximate surface area is 140 Å². The Kier molecular flexibility index (Phi) is 4.88. The summed E-state index contributed by atoms with van der Waals surface area (Å²) in [5, 5.41) is 0. The summed E-state index contributed by atoms with van der Waals surface area (Å²) in [6, 6.07) is 3.25. The number of amides is 1. The molecule has 0 saturated carbocycles. The average molecular weight is 343 g/mol. The van der Waals surface area contributed by atoms with E-state index < -0.39 is 47.9 Å². The number of halogens is 3. The monoisotopic (exact) mass is 343 g/mol. The topological polar surface area (TPSA) is 29.5 Å². The van der Waals surface area contributed by atoms with Crippen molar-refractivity contribution >= 4 is 6.09 Å². The van der Waals surface area contributed by atoms with Gasteiger partial charge in [0.25, 0.3) is 5.92 Å². The van der Waals surface area contributed by atoms with Crippen molar-refractivity contribution in [2.75, 3.05) is 0 Å². The van der Waals surface area contributed by atoms with Crippen LogP contribution in [0.2, 0.25) is 0 Å². The summed E-state index contributed by atoms with van der Waals surface area (Å²) in [4.78, 5) is 13.7. The molecule has 1 aliphatic heterocycles. The molecule has 1 aromatic carbocycles. The van der Waals surface area contributed by atoms with E-state index in [1.54, 1.807) is 40.7 Å². The smallest absolute Gasteiger partial charge is 0.411 e. The van der Waals surface area contributed by atoms with Crippen molar-refractivity contribution in [3.8, 4) is 0 Å². The Hall–Kier alpha value is -1.72. The summed E-state index contributed by atoms with van der Waals surface area (Å²) in [6.07, 6.45) is -1.34. The lowest BCUT2D eigenvalue weighted by atomic mass is 9.98. The predicted molar refractivity (Wildman–Crippen MR) is 85.4 cm³/mol. The zero-order valence-corrected chi connectivity index (χ0v) is 14.6. The van der Waals surface area contributed by atoms with Crippen LogP contribution in [0.15, 0.2) is 24.3 Å². The van der Waals surface area contributed by atoms with Crippen molar-refractivity contribution < 1.29 is 22.7 Å². The molecule has 0 bridgehead atoms. The maximum Gasteiger partial charge on any atom is 0.411 e. The first-order chi connectivity index (χ1) is 10.9. The molecule has 6 heteroatoms. The van der Waals surface area contributed by atoms with Crippen LogP contribution in [-0.2, 0) is 4.74 Å². The Morgan fingerprint density at radius 2 is 1.96 bits per heavy atom. The maximum absolute atomic E-state index is 14.6. The predicted octanol–water partition coefficient (Wildman–Crippen LogP) is 5.17. The van der Waals surface area contributed by atoms with Crippen LogP contribution in [0.5, 0.6) is 0 Å². The molecule has 134 valence electrons. The van der Waals surface area contributed by atoms with Gasteiger partial charge < -0.3 is 4.74 Å². The van der Waals surface area contributed by atoms with Gasteiger partial charge in [-0.1, -0.05) is 26.0 Å². The van der Waals surface area contributed by atoms with E-state index in [0.29, 0.717) is 5.56 Å². The van der Waals surface area contributed by atoms with Crippen molar-refractivity contribution in [3.63, 3.8) is 0 Å². The van der Waals surface area contributed by atoms with E-state index in [9.17, 15) is 18.0 Å². The Bertz CT molecular complexity index is 611. The largest absolute Gasteiger partial charge is 0.444 e. The lowest BCUT2D eigenvalue weighted by molar-refractivity contribution is -0.0557. The number of alkyl halides is 2. The summed E-state index contributed by atoms with van der Waals surface area (Å²) in [7, 11) is 0. The van der Waals surface area contributed by atoms with Crippen molar-refractivity contribution in [1.82, 2.24) is 4.90 Å². The van der Waals surface area contributed by atoms with Crippen LogP contribution in [-0.4, -0.2) is 28.6 Å². The summed E-state index contributed by atoms with van der Waals surface area (Å²) in [5.74, 6) is -4.05. The zero-order chi connectivity index (χ0) is 18.3. The van der Waals surface area contributed by atoms with E-state index in [-0.39, 0.29) is 0 Å². The number of rotatable bonds is 2. The fourth-order valence-electron chi connectivity index (χ4n) is 3.23. The van der Waals surface area contributed by atoms with Crippen LogP contribution in [0.25, 0.3) is 0 Å². The van der Waals surface area contributed by atoms with Crippen molar-refractivity contribution in [3.05, 3.63) is 35.6 Å². The molecule has 1 fully saturated rings. The molecule has 3 nitrogen and oxygen atoms in total. The second-order valence-corrected chi connectivity index (χ2v) is 7.61.